The third-order valence-electron chi connectivity index (χ3n) is 0.808. The lowest BCUT2D eigenvalue weighted by Gasteiger charge is -2.19. The lowest BCUT2D eigenvalue weighted by atomic mass is 10.2. The Bertz CT molecular complexity index is 166. The van der Waals surface area contributed by atoms with Crippen LogP contribution >= 0.6 is 0 Å². The standard InChI is InChI=1S/C7H14N2O2/c1-7(2,3)11-9-6(4-8)5-10/h9H,4,8H2,1-3H3. The molecule has 0 aliphatic heterocycles. The molecule has 0 amide bonds. The SMILES string of the molecule is CC(C)(C)ONC(=C=O)CN. The molecule has 0 fully saturated rings. The summed E-state index contributed by atoms with van der Waals surface area (Å²) < 4.78 is 0. The first-order valence-corrected chi connectivity index (χ1v) is 3.37. The Morgan fingerprint density at radius 3 is 2.45 bits per heavy atom. The summed E-state index contributed by atoms with van der Waals surface area (Å²) in [7, 11) is 0. The average Bonchev–Trinajstić information content (AvgIpc) is 1.88. The molecule has 0 aliphatic rings. The van der Waals surface area contributed by atoms with Gasteiger partial charge in [0.2, 0.25) is 0 Å². The van der Waals surface area contributed by atoms with Crippen molar-refractivity contribution in [3.05, 3.63) is 5.70 Å². The van der Waals surface area contributed by atoms with Gasteiger partial charge in [-0.1, -0.05) is 0 Å². The van der Waals surface area contributed by atoms with Crippen molar-refractivity contribution in [3.63, 3.8) is 0 Å². The Morgan fingerprint density at radius 1 is 1.64 bits per heavy atom. The van der Waals surface area contributed by atoms with Crippen molar-refractivity contribution in [2.24, 2.45) is 5.73 Å². The van der Waals surface area contributed by atoms with Crippen LogP contribution in [0.3, 0.4) is 0 Å². The van der Waals surface area contributed by atoms with E-state index in [1.807, 2.05) is 20.8 Å². The number of hydroxylamine groups is 1. The summed E-state index contributed by atoms with van der Waals surface area (Å²) in [4.78, 5) is 15.1. The predicted molar refractivity (Wildman–Crippen MR) is 42.2 cm³/mol. The maximum atomic E-state index is 10.1. The molecular weight excluding hydrogens is 144 g/mol. The van der Waals surface area contributed by atoms with Crippen LogP contribution in [0.5, 0.6) is 0 Å². The lowest BCUT2D eigenvalue weighted by molar-refractivity contribution is -0.0575. The summed E-state index contributed by atoms with van der Waals surface area (Å²) >= 11 is 0. The van der Waals surface area contributed by atoms with Gasteiger partial charge in [-0.05, 0) is 20.8 Å². The lowest BCUT2D eigenvalue weighted by Crippen LogP contribution is -2.31. The van der Waals surface area contributed by atoms with E-state index in [4.69, 9.17) is 10.6 Å². The largest absolute Gasteiger partial charge is 0.325 e. The fourth-order valence-corrected chi connectivity index (χ4v) is 0.319. The molecule has 0 aromatic heterocycles. The molecule has 0 atom stereocenters. The molecule has 4 heteroatoms. The smallest absolute Gasteiger partial charge is 0.149 e. The maximum absolute atomic E-state index is 10.1. The Labute approximate surface area is 66.4 Å². The van der Waals surface area contributed by atoms with Crippen LogP contribution in [0.15, 0.2) is 5.70 Å². The molecule has 0 bridgehead atoms. The van der Waals surface area contributed by atoms with Gasteiger partial charge in [-0.15, -0.1) is 0 Å². The number of hydrogen-bond acceptors (Lipinski definition) is 4. The van der Waals surface area contributed by atoms with Gasteiger partial charge in [-0.2, -0.15) is 0 Å². The normalized spacial score (nSPS) is 10.5. The minimum absolute atomic E-state index is 0.111. The van der Waals surface area contributed by atoms with Crippen molar-refractivity contribution in [2.75, 3.05) is 6.54 Å². The van der Waals surface area contributed by atoms with Crippen LogP contribution in [-0.4, -0.2) is 18.1 Å². The second-order valence-electron chi connectivity index (χ2n) is 3.10. The fraction of sp³-hybridized carbons (Fsp3) is 0.714. The van der Waals surface area contributed by atoms with Crippen molar-refractivity contribution >= 4 is 5.94 Å². The van der Waals surface area contributed by atoms with E-state index < -0.39 is 0 Å². The van der Waals surface area contributed by atoms with Gasteiger partial charge < -0.3 is 5.73 Å². The maximum Gasteiger partial charge on any atom is 0.149 e. The average molecular weight is 158 g/mol. The van der Waals surface area contributed by atoms with Crippen molar-refractivity contribution in [1.82, 2.24) is 5.48 Å². The summed E-state index contributed by atoms with van der Waals surface area (Å²) in [6.07, 6.45) is 0. The van der Waals surface area contributed by atoms with Crippen LogP contribution in [0.1, 0.15) is 20.8 Å². The molecule has 0 unspecified atom stereocenters. The number of hydrogen-bond donors (Lipinski definition) is 2. The summed E-state index contributed by atoms with van der Waals surface area (Å²) in [6.45, 7) is 5.69. The zero-order valence-electron chi connectivity index (χ0n) is 7.10. The van der Waals surface area contributed by atoms with Gasteiger partial charge in [0.25, 0.3) is 0 Å². The highest BCUT2D eigenvalue weighted by atomic mass is 16.7. The van der Waals surface area contributed by atoms with Gasteiger partial charge in [-0.25, -0.2) is 4.79 Å². The van der Waals surface area contributed by atoms with Crippen molar-refractivity contribution in [2.45, 2.75) is 26.4 Å². The highest BCUT2D eigenvalue weighted by Crippen LogP contribution is 2.03. The molecule has 0 aromatic carbocycles. The number of rotatable bonds is 3. The number of carbonyl (C=O) groups excluding carboxylic acids is 1. The zero-order chi connectivity index (χ0) is 8.91. The van der Waals surface area contributed by atoms with Gasteiger partial charge >= 0.3 is 0 Å². The first kappa shape index (κ1) is 10.2. The van der Waals surface area contributed by atoms with Gasteiger partial charge in [0.15, 0.2) is 0 Å². The topological polar surface area (TPSA) is 64.3 Å². The van der Waals surface area contributed by atoms with E-state index in [-0.39, 0.29) is 17.8 Å². The minimum atomic E-state index is -0.336. The van der Waals surface area contributed by atoms with E-state index in [2.05, 4.69) is 5.48 Å². The highest BCUT2D eigenvalue weighted by molar-refractivity contribution is 5.51. The Kier molecular flexibility index (Phi) is 3.82. The first-order chi connectivity index (χ1) is 4.99. The van der Waals surface area contributed by atoms with Crippen molar-refractivity contribution in [3.8, 4) is 0 Å². The van der Waals surface area contributed by atoms with Crippen LogP contribution in [0.25, 0.3) is 0 Å². The van der Waals surface area contributed by atoms with E-state index in [1.54, 1.807) is 5.94 Å². The monoisotopic (exact) mass is 158 g/mol. The van der Waals surface area contributed by atoms with E-state index in [0.29, 0.717) is 0 Å². The molecule has 0 rings (SSSR count). The molecule has 0 saturated heterocycles. The van der Waals surface area contributed by atoms with Gasteiger partial charge in [-0.3, -0.25) is 10.3 Å². The quantitative estimate of drug-likeness (QED) is 0.447. The Balaban J connectivity index is 3.79. The van der Waals surface area contributed by atoms with E-state index >= 15 is 0 Å². The third kappa shape index (κ3) is 5.61. The van der Waals surface area contributed by atoms with Gasteiger partial charge in [0.05, 0.1) is 5.60 Å². The molecule has 0 aromatic rings. The molecule has 3 N–H and O–H groups in total. The summed E-state index contributed by atoms with van der Waals surface area (Å²) in [5.74, 6) is 1.63. The number of nitrogens with one attached hydrogen (secondary N) is 1. The van der Waals surface area contributed by atoms with Crippen LogP contribution in [0.4, 0.5) is 0 Å². The Hall–Kier alpha value is -0.830. The summed E-state index contributed by atoms with van der Waals surface area (Å²) in [5, 5.41) is 0. The molecule has 4 nitrogen and oxygen atoms in total. The molecular formula is C7H14N2O2. The van der Waals surface area contributed by atoms with Crippen molar-refractivity contribution in [1.29, 1.82) is 0 Å². The van der Waals surface area contributed by atoms with Crippen LogP contribution in [0.2, 0.25) is 0 Å². The second kappa shape index (κ2) is 4.13. The highest BCUT2D eigenvalue weighted by Gasteiger charge is 2.10. The van der Waals surface area contributed by atoms with E-state index in [9.17, 15) is 4.79 Å². The third-order valence-corrected chi connectivity index (χ3v) is 0.808. The first-order valence-electron chi connectivity index (χ1n) is 3.37. The number of nitrogens with two attached hydrogens (primary N) is 1. The van der Waals surface area contributed by atoms with Gasteiger partial charge in [0, 0.05) is 6.54 Å². The minimum Gasteiger partial charge on any atom is -0.325 e. The van der Waals surface area contributed by atoms with Crippen LogP contribution < -0.4 is 11.2 Å². The Morgan fingerprint density at radius 2 is 2.18 bits per heavy atom. The van der Waals surface area contributed by atoms with E-state index in [0.717, 1.165) is 0 Å². The van der Waals surface area contributed by atoms with Crippen molar-refractivity contribution < 1.29 is 9.63 Å². The molecule has 64 valence electrons. The van der Waals surface area contributed by atoms with E-state index in [1.165, 1.54) is 0 Å². The zero-order valence-corrected chi connectivity index (χ0v) is 7.10. The molecule has 0 heterocycles. The summed E-state index contributed by atoms with van der Waals surface area (Å²) in [6, 6.07) is 0. The predicted octanol–water partition coefficient (Wildman–Crippen LogP) is -0.0197. The molecule has 11 heavy (non-hydrogen) atoms. The molecule has 0 aliphatic carbocycles. The van der Waals surface area contributed by atoms with Gasteiger partial charge in [0.1, 0.15) is 11.6 Å². The molecule has 0 spiro atoms. The molecule has 0 radical (unpaired) electrons. The molecule has 0 saturated carbocycles. The fourth-order valence-electron chi connectivity index (χ4n) is 0.319. The second-order valence-corrected chi connectivity index (χ2v) is 3.10. The van der Waals surface area contributed by atoms with Crippen LogP contribution in [0, 0.1) is 0 Å². The summed E-state index contributed by atoms with van der Waals surface area (Å²) in [5.41, 5.74) is 7.48. The van der Waals surface area contributed by atoms with Crippen LogP contribution in [-0.2, 0) is 9.63 Å².